The zero-order valence-electron chi connectivity index (χ0n) is 12.6. The number of carbonyl (C=O) groups excluding carboxylic acids is 2. The zero-order valence-corrected chi connectivity index (χ0v) is 12.6. The number of anilines is 1. The minimum atomic E-state index is -1.90. The Morgan fingerprint density at radius 3 is 2.26 bits per heavy atom. The summed E-state index contributed by atoms with van der Waals surface area (Å²) >= 11 is 0. The van der Waals surface area contributed by atoms with Crippen LogP contribution in [0.4, 0.5) is 5.69 Å². The van der Waals surface area contributed by atoms with Crippen molar-refractivity contribution in [2.24, 2.45) is 5.10 Å². The van der Waals surface area contributed by atoms with Crippen LogP contribution in [-0.2, 0) is 4.79 Å². The van der Waals surface area contributed by atoms with Crippen molar-refractivity contribution in [2.75, 3.05) is 5.01 Å². The molecule has 2 aromatic carbocycles. The maximum absolute atomic E-state index is 12.6. The van der Waals surface area contributed by atoms with E-state index < -0.39 is 11.5 Å². The van der Waals surface area contributed by atoms with E-state index in [0.717, 1.165) is 5.01 Å². The van der Waals surface area contributed by atoms with Crippen LogP contribution in [0.5, 0.6) is 0 Å². The summed E-state index contributed by atoms with van der Waals surface area (Å²) in [7, 11) is 0. The third-order valence-corrected chi connectivity index (χ3v) is 3.91. The topological polar surface area (TPSA) is 70.0 Å². The van der Waals surface area contributed by atoms with E-state index in [0.29, 0.717) is 11.3 Å². The molecule has 1 heterocycles. The molecular weight excluding hydrogens is 292 g/mol. The minimum absolute atomic E-state index is 0.218. The van der Waals surface area contributed by atoms with E-state index in [9.17, 15) is 14.7 Å². The highest BCUT2D eigenvalue weighted by molar-refractivity contribution is 6.23. The second-order valence-corrected chi connectivity index (χ2v) is 5.46. The lowest BCUT2D eigenvalue weighted by molar-refractivity contribution is -0.129. The number of amides is 1. The molecule has 0 spiro atoms. The summed E-state index contributed by atoms with van der Waals surface area (Å²) in [6.07, 6.45) is -0.325. The second kappa shape index (κ2) is 5.78. The van der Waals surface area contributed by atoms with Gasteiger partial charge in [0.25, 0.3) is 5.91 Å². The van der Waals surface area contributed by atoms with Crippen molar-refractivity contribution >= 4 is 23.1 Å². The van der Waals surface area contributed by atoms with Crippen LogP contribution in [0.3, 0.4) is 0 Å². The molecule has 1 aliphatic rings. The van der Waals surface area contributed by atoms with Crippen molar-refractivity contribution in [2.45, 2.75) is 18.9 Å². The number of benzene rings is 2. The van der Waals surface area contributed by atoms with E-state index in [1.807, 2.05) is 6.07 Å². The molecule has 1 N–H and O–H groups in total. The van der Waals surface area contributed by atoms with Gasteiger partial charge in [-0.1, -0.05) is 48.5 Å². The lowest BCUT2D eigenvalue weighted by atomic mass is 9.90. The fourth-order valence-corrected chi connectivity index (χ4v) is 2.51. The molecule has 5 heteroatoms. The number of carbonyl (C=O) groups is 2. The Morgan fingerprint density at radius 1 is 1.09 bits per heavy atom. The summed E-state index contributed by atoms with van der Waals surface area (Å²) in [6, 6.07) is 17.4. The molecule has 0 fully saturated rings. The molecular formula is C18H16N2O3. The predicted octanol–water partition coefficient (Wildman–Crippen LogP) is 2.41. The quantitative estimate of drug-likeness (QED) is 0.882. The first-order chi connectivity index (χ1) is 11.0. The highest BCUT2D eigenvalue weighted by Gasteiger charge is 2.49. The lowest BCUT2D eigenvalue weighted by Crippen LogP contribution is -2.47. The van der Waals surface area contributed by atoms with Crippen LogP contribution in [0.2, 0.25) is 0 Å². The molecule has 5 nitrogen and oxygen atoms in total. The van der Waals surface area contributed by atoms with Crippen molar-refractivity contribution < 1.29 is 14.7 Å². The van der Waals surface area contributed by atoms with Crippen LogP contribution < -0.4 is 5.01 Å². The molecule has 2 aromatic rings. The fourth-order valence-electron chi connectivity index (χ4n) is 2.51. The number of rotatable bonds is 4. The molecule has 0 saturated heterocycles. The van der Waals surface area contributed by atoms with Gasteiger partial charge < -0.3 is 5.11 Å². The maximum Gasteiger partial charge on any atom is 0.285 e. The summed E-state index contributed by atoms with van der Waals surface area (Å²) in [5, 5.41) is 16.0. The Bertz CT molecular complexity index is 771. The molecule has 3 rings (SSSR count). The largest absolute Gasteiger partial charge is 0.374 e. The third kappa shape index (κ3) is 2.66. The van der Waals surface area contributed by atoms with E-state index in [-0.39, 0.29) is 17.9 Å². The van der Waals surface area contributed by atoms with Gasteiger partial charge >= 0.3 is 0 Å². The number of Topliss-reactive ketones (excluding diaryl/α,β-unsaturated/α-hetero) is 1. The Morgan fingerprint density at radius 2 is 1.65 bits per heavy atom. The molecule has 0 radical (unpaired) electrons. The molecule has 0 aromatic heterocycles. The molecule has 0 bridgehead atoms. The maximum atomic E-state index is 12.6. The first kappa shape index (κ1) is 15.1. The SMILES string of the molecule is CC1=NN(c2ccccc2)C(=O)C1(O)CC(=O)c1ccccc1. The van der Waals surface area contributed by atoms with Crippen molar-refractivity contribution in [1.29, 1.82) is 0 Å². The normalized spacial score (nSPS) is 20.5. The minimum Gasteiger partial charge on any atom is -0.374 e. The summed E-state index contributed by atoms with van der Waals surface area (Å²) in [4.78, 5) is 25.0. The van der Waals surface area contributed by atoms with Gasteiger partial charge in [-0.3, -0.25) is 9.59 Å². The fraction of sp³-hybridized carbons (Fsp3) is 0.167. The number of ketones is 1. The smallest absolute Gasteiger partial charge is 0.285 e. The number of aliphatic hydroxyl groups is 1. The Balaban J connectivity index is 1.86. The molecule has 1 unspecified atom stereocenters. The highest BCUT2D eigenvalue weighted by atomic mass is 16.3. The molecule has 1 aliphatic heterocycles. The average Bonchev–Trinajstić information content (AvgIpc) is 2.80. The Hall–Kier alpha value is -2.79. The van der Waals surface area contributed by atoms with Crippen molar-refractivity contribution in [1.82, 2.24) is 0 Å². The first-order valence-electron chi connectivity index (χ1n) is 7.28. The van der Waals surface area contributed by atoms with E-state index in [1.165, 1.54) is 0 Å². The third-order valence-electron chi connectivity index (χ3n) is 3.91. The standard InChI is InChI=1S/C18H16N2O3/c1-13-18(23,12-16(21)14-8-4-2-5-9-14)17(22)20(19-13)15-10-6-3-7-11-15/h2-11,23H,12H2,1H3. The van der Waals surface area contributed by atoms with Gasteiger partial charge in [-0.2, -0.15) is 10.1 Å². The first-order valence-corrected chi connectivity index (χ1v) is 7.28. The molecule has 1 amide bonds. The number of hydrogen-bond acceptors (Lipinski definition) is 4. The van der Waals surface area contributed by atoms with Gasteiger partial charge in [0.05, 0.1) is 17.8 Å². The van der Waals surface area contributed by atoms with Crippen LogP contribution in [0, 0.1) is 0 Å². The average molecular weight is 308 g/mol. The van der Waals surface area contributed by atoms with Gasteiger partial charge in [0.1, 0.15) is 0 Å². The number of hydrazone groups is 1. The van der Waals surface area contributed by atoms with Gasteiger partial charge in [-0.25, -0.2) is 0 Å². The molecule has 0 aliphatic carbocycles. The lowest BCUT2D eigenvalue weighted by Gasteiger charge is -2.21. The Labute approximate surface area is 133 Å². The summed E-state index contributed by atoms with van der Waals surface area (Å²) in [5.41, 5.74) is -0.668. The molecule has 23 heavy (non-hydrogen) atoms. The van der Waals surface area contributed by atoms with E-state index in [1.54, 1.807) is 61.5 Å². The van der Waals surface area contributed by atoms with Crippen LogP contribution in [0.25, 0.3) is 0 Å². The van der Waals surface area contributed by atoms with Crippen molar-refractivity contribution in [3.8, 4) is 0 Å². The summed E-state index contributed by atoms with van der Waals surface area (Å²) in [5.74, 6) is -0.906. The van der Waals surface area contributed by atoms with Crippen LogP contribution in [0.15, 0.2) is 65.8 Å². The van der Waals surface area contributed by atoms with E-state index in [2.05, 4.69) is 5.10 Å². The molecule has 0 saturated carbocycles. The van der Waals surface area contributed by atoms with Gasteiger partial charge in [-0.05, 0) is 19.1 Å². The number of para-hydroxylation sites is 1. The second-order valence-electron chi connectivity index (χ2n) is 5.46. The monoisotopic (exact) mass is 308 g/mol. The number of hydrogen-bond donors (Lipinski definition) is 1. The van der Waals surface area contributed by atoms with Crippen LogP contribution in [0.1, 0.15) is 23.7 Å². The van der Waals surface area contributed by atoms with Gasteiger partial charge in [-0.15, -0.1) is 0 Å². The van der Waals surface area contributed by atoms with Crippen LogP contribution in [-0.4, -0.2) is 28.1 Å². The van der Waals surface area contributed by atoms with Gasteiger partial charge in [0.15, 0.2) is 11.4 Å². The van der Waals surface area contributed by atoms with E-state index in [4.69, 9.17) is 0 Å². The van der Waals surface area contributed by atoms with Crippen LogP contribution >= 0.6 is 0 Å². The molecule has 1 atom stereocenters. The summed E-state index contributed by atoms with van der Waals surface area (Å²) < 4.78 is 0. The van der Waals surface area contributed by atoms with Gasteiger partial charge in [0.2, 0.25) is 0 Å². The van der Waals surface area contributed by atoms with E-state index >= 15 is 0 Å². The molecule has 116 valence electrons. The highest BCUT2D eigenvalue weighted by Crippen LogP contribution is 2.29. The van der Waals surface area contributed by atoms with Crippen molar-refractivity contribution in [3.63, 3.8) is 0 Å². The van der Waals surface area contributed by atoms with Crippen molar-refractivity contribution in [3.05, 3.63) is 66.2 Å². The summed E-state index contributed by atoms with van der Waals surface area (Å²) in [6.45, 7) is 1.55. The zero-order chi connectivity index (χ0) is 16.4. The van der Waals surface area contributed by atoms with Gasteiger partial charge in [0, 0.05) is 5.56 Å². The Kier molecular flexibility index (Phi) is 3.80. The number of nitrogens with zero attached hydrogens (tertiary/aromatic N) is 2. The predicted molar refractivity (Wildman–Crippen MR) is 87.4 cm³/mol.